The van der Waals surface area contributed by atoms with Gasteiger partial charge in [-0.2, -0.15) is 0 Å². The standard InChI is InChI=1S/C16H13ClFNO/c17-14-8-3-9-15(16(14)18)20-11-13-6-2-1-5-12(13)7-4-10-19/h1-3,5-6,8-9H,10-11,19H2. The zero-order chi connectivity index (χ0) is 14.4. The number of rotatable bonds is 3. The molecule has 20 heavy (non-hydrogen) atoms. The summed E-state index contributed by atoms with van der Waals surface area (Å²) < 4.78 is 19.2. The van der Waals surface area contributed by atoms with Crippen molar-refractivity contribution in [1.29, 1.82) is 0 Å². The summed E-state index contributed by atoms with van der Waals surface area (Å²) in [6.07, 6.45) is 0. The van der Waals surface area contributed by atoms with Crippen molar-refractivity contribution in [2.45, 2.75) is 6.61 Å². The molecular formula is C16H13ClFNO. The van der Waals surface area contributed by atoms with E-state index in [0.29, 0.717) is 0 Å². The van der Waals surface area contributed by atoms with Crippen LogP contribution in [0, 0.1) is 17.7 Å². The molecule has 0 amide bonds. The highest BCUT2D eigenvalue weighted by Gasteiger charge is 2.08. The van der Waals surface area contributed by atoms with Crippen molar-refractivity contribution in [3.8, 4) is 17.6 Å². The smallest absolute Gasteiger partial charge is 0.183 e. The first-order chi connectivity index (χ1) is 9.72. The Hall–Kier alpha value is -2.02. The Morgan fingerprint density at radius 3 is 2.75 bits per heavy atom. The SMILES string of the molecule is NCC#Cc1ccccc1COc1cccc(Cl)c1F. The Balaban J connectivity index is 2.17. The summed E-state index contributed by atoms with van der Waals surface area (Å²) in [6, 6.07) is 12.2. The van der Waals surface area contributed by atoms with E-state index in [1.807, 2.05) is 24.3 Å². The van der Waals surface area contributed by atoms with Crippen molar-refractivity contribution < 1.29 is 9.13 Å². The minimum atomic E-state index is -0.556. The van der Waals surface area contributed by atoms with Crippen LogP contribution in [0.1, 0.15) is 11.1 Å². The van der Waals surface area contributed by atoms with Crippen LogP contribution in [0.5, 0.6) is 5.75 Å². The summed E-state index contributed by atoms with van der Waals surface area (Å²) in [5, 5.41) is 0.0405. The summed E-state index contributed by atoms with van der Waals surface area (Å²) >= 11 is 5.70. The molecule has 0 aliphatic carbocycles. The summed E-state index contributed by atoms with van der Waals surface area (Å²) in [7, 11) is 0. The van der Waals surface area contributed by atoms with Gasteiger partial charge in [0.25, 0.3) is 0 Å². The molecule has 0 bridgehead atoms. The van der Waals surface area contributed by atoms with Gasteiger partial charge in [-0.3, -0.25) is 0 Å². The van der Waals surface area contributed by atoms with Crippen LogP contribution in [0.25, 0.3) is 0 Å². The Kier molecular flexibility index (Phi) is 5.00. The summed E-state index contributed by atoms with van der Waals surface area (Å²) in [4.78, 5) is 0. The summed E-state index contributed by atoms with van der Waals surface area (Å²) in [5.41, 5.74) is 7.05. The van der Waals surface area contributed by atoms with Gasteiger partial charge in [0, 0.05) is 11.1 Å². The third-order valence-corrected chi connectivity index (χ3v) is 2.93. The van der Waals surface area contributed by atoms with E-state index in [1.165, 1.54) is 12.1 Å². The van der Waals surface area contributed by atoms with E-state index in [4.69, 9.17) is 22.1 Å². The molecule has 0 atom stereocenters. The lowest BCUT2D eigenvalue weighted by molar-refractivity contribution is 0.290. The minimum absolute atomic E-state index is 0.0405. The average molecular weight is 290 g/mol. The van der Waals surface area contributed by atoms with Gasteiger partial charge >= 0.3 is 0 Å². The van der Waals surface area contributed by atoms with E-state index in [2.05, 4.69) is 11.8 Å². The van der Waals surface area contributed by atoms with Crippen molar-refractivity contribution >= 4 is 11.6 Å². The fourth-order valence-corrected chi connectivity index (χ4v) is 1.83. The first kappa shape index (κ1) is 14.4. The molecule has 4 heteroatoms. The van der Waals surface area contributed by atoms with Crippen molar-refractivity contribution in [1.82, 2.24) is 0 Å². The van der Waals surface area contributed by atoms with Gasteiger partial charge in [-0.1, -0.05) is 47.7 Å². The Bertz CT molecular complexity index is 661. The molecule has 0 saturated carbocycles. The van der Waals surface area contributed by atoms with Crippen LogP contribution >= 0.6 is 11.6 Å². The van der Waals surface area contributed by atoms with E-state index in [1.54, 1.807) is 6.07 Å². The molecule has 0 aliphatic rings. The predicted octanol–water partition coefficient (Wildman–Crippen LogP) is 3.37. The number of hydrogen-bond donors (Lipinski definition) is 1. The van der Waals surface area contributed by atoms with E-state index in [9.17, 15) is 4.39 Å². The monoisotopic (exact) mass is 289 g/mol. The van der Waals surface area contributed by atoms with E-state index >= 15 is 0 Å². The molecule has 2 rings (SSSR count). The summed E-state index contributed by atoms with van der Waals surface area (Å²) in [5.74, 6) is 5.32. The molecule has 0 saturated heterocycles. The molecule has 0 radical (unpaired) electrons. The van der Waals surface area contributed by atoms with Crippen molar-refractivity contribution in [3.63, 3.8) is 0 Å². The zero-order valence-electron chi connectivity index (χ0n) is 10.7. The Labute approximate surface area is 122 Å². The van der Waals surface area contributed by atoms with Crippen LogP contribution in [0.2, 0.25) is 5.02 Å². The molecule has 2 aromatic rings. The second kappa shape index (κ2) is 6.95. The van der Waals surface area contributed by atoms with E-state index < -0.39 is 5.82 Å². The van der Waals surface area contributed by atoms with Gasteiger partial charge < -0.3 is 10.5 Å². The molecule has 102 valence electrons. The van der Waals surface area contributed by atoms with Crippen LogP contribution < -0.4 is 10.5 Å². The third kappa shape index (κ3) is 3.51. The van der Waals surface area contributed by atoms with Crippen LogP contribution in [0.3, 0.4) is 0 Å². The van der Waals surface area contributed by atoms with E-state index in [-0.39, 0.29) is 23.9 Å². The van der Waals surface area contributed by atoms with Crippen LogP contribution in [-0.2, 0) is 6.61 Å². The van der Waals surface area contributed by atoms with Gasteiger partial charge in [-0.25, -0.2) is 4.39 Å². The molecule has 2 aromatic carbocycles. The van der Waals surface area contributed by atoms with Gasteiger partial charge in [-0.15, -0.1) is 0 Å². The zero-order valence-corrected chi connectivity index (χ0v) is 11.5. The largest absolute Gasteiger partial charge is 0.486 e. The molecule has 0 unspecified atom stereocenters. The van der Waals surface area contributed by atoms with Crippen LogP contribution in [-0.4, -0.2) is 6.54 Å². The fraction of sp³-hybridized carbons (Fsp3) is 0.125. The first-order valence-corrected chi connectivity index (χ1v) is 6.44. The topological polar surface area (TPSA) is 35.2 Å². The molecule has 2 N–H and O–H groups in total. The quantitative estimate of drug-likeness (QED) is 0.879. The van der Waals surface area contributed by atoms with Gasteiger partial charge in [0.15, 0.2) is 11.6 Å². The minimum Gasteiger partial charge on any atom is -0.486 e. The van der Waals surface area contributed by atoms with Crippen molar-refractivity contribution in [3.05, 3.63) is 64.4 Å². The van der Waals surface area contributed by atoms with Gasteiger partial charge in [0.2, 0.25) is 0 Å². The number of ether oxygens (including phenoxy) is 1. The maximum atomic E-state index is 13.7. The van der Waals surface area contributed by atoms with Crippen molar-refractivity contribution in [2.24, 2.45) is 5.73 Å². The predicted molar refractivity (Wildman–Crippen MR) is 78.1 cm³/mol. The third-order valence-electron chi connectivity index (χ3n) is 2.64. The normalized spacial score (nSPS) is 9.75. The second-order valence-electron chi connectivity index (χ2n) is 4.00. The van der Waals surface area contributed by atoms with Crippen LogP contribution in [0.4, 0.5) is 4.39 Å². The van der Waals surface area contributed by atoms with E-state index in [0.717, 1.165) is 11.1 Å². The van der Waals surface area contributed by atoms with Gasteiger partial charge in [0.1, 0.15) is 6.61 Å². The lowest BCUT2D eigenvalue weighted by atomic mass is 10.1. The molecule has 0 spiro atoms. The molecular weight excluding hydrogens is 277 g/mol. The highest BCUT2D eigenvalue weighted by atomic mass is 35.5. The Morgan fingerprint density at radius 1 is 1.15 bits per heavy atom. The highest BCUT2D eigenvalue weighted by Crippen LogP contribution is 2.25. The average Bonchev–Trinajstić information content (AvgIpc) is 2.47. The first-order valence-electron chi connectivity index (χ1n) is 6.06. The number of nitrogens with two attached hydrogens (primary N) is 1. The number of hydrogen-bond acceptors (Lipinski definition) is 2. The summed E-state index contributed by atoms with van der Waals surface area (Å²) in [6.45, 7) is 0.505. The molecule has 0 aliphatic heterocycles. The molecule has 0 heterocycles. The van der Waals surface area contributed by atoms with Crippen molar-refractivity contribution in [2.75, 3.05) is 6.54 Å². The van der Waals surface area contributed by atoms with Crippen LogP contribution in [0.15, 0.2) is 42.5 Å². The fourth-order valence-electron chi connectivity index (χ4n) is 1.67. The Morgan fingerprint density at radius 2 is 1.95 bits per heavy atom. The lowest BCUT2D eigenvalue weighted by Crippen LogP contribution is -2.00. The highest BCUT2D eigenvalue weighted by molar-refractivity contribution is 6.30. The van der Waals surface area contributed by atoms with Gasteiger partial charge in [-0.05, 0) is 18.2 Å². The number of benzene rings is 2. The molecule has 0 aromatic heterocycles. The molecule has 0 fully saturated rings. The number of halogens is 2. The lowest BCUT2D eigenvalue weighted by Gasteiger charge is -2.09. The maximum Gasteiger partial charge on any atom is 0.183 e. The maximum absolute atomic E-state index is 13.7. The second-order valence-corrected chi connectivity index (χ2v) is 4.41. The van der Waals surface area contributed by atoms with Gasteiger partial charge in [0.05, 0.1) is 11.6 Å². The molecule has 2 nitrogen and oxygen atoms in total.